The first-order chi connectivity index (χ1) is 8.82. The Morgan fingerprint density at radius 2 is 2.00 bits per heavy atom. The first-order valence-electron chi connectivity index (χ1n) is 5.86. The zero-order chi connectivity index (χ0) is 14.1. The Morgan fingerprint density at radius 3 is 2.58 bits per heavy atom. The van der Waals surface area contributed by atoms with Crippen LogP contribution in [0.5, 0.6) is 0 Å². The molecule has 1 atom stereocenters. The van der Waals surface area contributed by atoms with Crippen molar-refractivity contribution in [3.8, 4) is 0 Å². The topological polar surface area (TPSA) is 70.7 Å². The van der Waals surface area contributed by atoms with E-state index in [0.29, 0.717) is 13.1 Å². The Hall–Kier alpha value is -1.35. The highest BCUT2D eigenvalue weighted by molar-refractivity contribution is 5.87. The van der Waals surface area contributed by atoms with Crippen molar-refractivity contribution < 1.29 is 27.5 Å². The predicted octanol–water partition coefficient (Wildman–Crippen LogP) is -0.151. The van der Waals surface area contributed by atoms with Gasteiger partial charge in [0, 0.05) is 31.7 Å². The molecule has 0 aromatic rings. The summed E-state index contributed by atoms with van der Waals surface area (Å²) in [7, 11) is 0. The number of amides is 1. The zero-order valence-electron chi connectivity index (χ0n) is 10.0. The van der Waals surface area contributed by atoms with Crippen LogP contribution in [0.25, 0.3) is 0 Å². The molecule has 0 saturated carbocycles. The Morgan fingerprint density at radius 1 is 1.26 bits per heavy atom. The number of carbonyl (C=O) groups excluding carboxylic acids is 2. The molecule has 2 heterocycles. The summed E-state index contributed by atoms with van der Waals surface area (Å²) in [6.07, 6.45) is -5.63. The van der Waals surface area contributed by atoms with E-state index in [0.717, 1.165) is 17.9 Å². The van der Waals surface area contributed by atoms with Crippen molar-refractivity contribution in [3.05, 3.63) is 0 Å². The van der Waals surface area contributed by atoms with Gasteiger partial charge < -0.3 is 20.3 Å². The van der Waals surface area contributed by atoms with Gasteiger partial charge in [0.05, 0.1) is 0 Å². The lowest BCUT2D eigenvalue weighted by Gasteiger charge is -2.40. The van der Waals surface area contributed by atoms with Crippen LogP contribution in [-0.4, -0.2) is 61.4 Å². The fourth-order valence-electron chi connectivity index (χ4n) is 2.34. The van der Waals surface area contributed by atoms with Crippen LogP contribution in [0.1, 0.15) is 6.42 Å². The predicted molar refractivity (Wildman–Crippen MR) is 57.3 cm³/mol. The Balaban J connectivity index is 1.94. The molecule has 108 valence electrons. The average molecular weight is 281 g/mol. The summed E-state index contributed by atoms with van der Waals surface area (Å²) in [4.78, 5) is 23.3. The van der Waals surface area contributed by atoms with E-state index < -0.39 is 18.2 Å². The third kappa shape index (κ3) is 3.16. The standard InChI is InChI=1S/C10H14F3N3O3/c11-10(12,13)7(17)19-8(18)16-4-3-15-9(6-16)1-2-14-5-9/h14-15H,1-6H2. The van der Waals surface area contributed by atoms with Crippen molar-refractivity contribution >= 4 is 12.1 Å². The Kier molecular flexibility index (Phi) is 3.68. The van der Waals surface area contributed by atoms with E-state index in [1.165, 1.54) is 0 Å². The van der Waals surface area contributed by atoms with Crippen LogP contribution in [0.4, 0.5) is 18.0 Å². The highest BCUT2D eigenvalue weighted by Crippen LogP contribution is 2.21. The van der Waals surface area contributed by atoms with Crippen molar-refractivity contribution in [3.63, 3.8) is 0 Å². The molecule has 0 aliphatic carbocycles. The number of halogens is 3. The van der Waals surface area contributed by atoms with Crippen molar-refractivity contribution in [2.45, 2.75) is 18.1 Å². The fraction of sp³-hybridized carbons (Fsp3) is 0.800. The number of ether oxygens (including phenoxy) is 1. The van der Waals surface area contributed by atoms with Gasteiger partial charge in [0.2, 0.25) is 0 Å². The number of nitrogens with one attached hydrogen (secondary N) is 2. The molecule has 0 aromatic heterocycles. The van der Waals surface area contributed by atoms with Crippen molar-refractivity contribution in [2.24, 2.45) is 0 Å². The summed E-state index contributed by atoms with van der Waals surface area (Å²) < 4.78 is 39.8. The lowest BCUT2D eigenvalue weighted by Crippen LogP contribution is -2.62. The van der Waals surface area contributed by atoms with E-state index in [4.69, 9.17) is 0 Å². The van der Waals surface area contributed by atoms with Gasteiger partial charge in [0.1, 0.15) is 0 Å². The normalized spacial score (nSPS) is 27.6. The van der Waals surface area contributed by atoms with Gasteiger partial charge in [0.25, 0.3) is 0 Å². The van der Waals surface area contributed by atoms with Crippen LogP contribution in [-0.2, 0) is 9.53 Å². The molecule has 2 fully saturated rings. The second-order valence-corrected chi connectivity index (χ2v) is 4.71. The molecule has 1 unspecified atom stereocenters. The van der Waals surface area contributed by atoms with Gasteiger partial charge in [-0.3, -0.25) is 0 Å². The summed E-state index contributed by atoms with van der Waals surface area (Å²) in [5, 5.41) is 6.36. The Labute approximate surface area is 107 Å². The summed E-state index contributed by atoms with van der Waals surface area (Å²) in [6, 6.07) is 0. The lowest BCUT2D eigenvalue weighted by atomic mass is 9.96. The number of alkyl halides is 3. The molecular weight excluding hydrogens is 267 g/mol. The molecule has 0 radical (unpaired) electrons. The van der Waals surface area contributed by atoms with Gasteiger partial charge >= 0.3 is 18.2 Å². The number of esters is 1. The van der Waals surface area contributed by atoms with E-state index in [2.05, 4.69) is 15.4 Å². The number of carbonyl (C=O) groups is 2. The van der Waals surface area contributed by atoms with Crippen LogP contribution in [0, 0.1) is 0 Å². The van der Waals surface area contributed by atoms with Crippen molar-refractivity contribution in [1.29, 1.82) is 0 Å². The molecule has 9 heteroatoms. The third-order valence-electron chi connectivity index (χ3n) is 3.29. The van der Waals surface area contributed by atoms with E-state index in [1.807, 2.05) is 0 Å². The van der Waals surface area contributed by atoms with Gasteiger partial charge in [-0.15, -0.1) is 0 Å². The van der Waals surface area contributed by atoms with Gasteiger partial charge in [-0.1, -0.05) is 0 Å². The second-order valence-electron chi connectivity index (χ2n) is 4.71. The van der Waals surface area contributed by atoms with Crippen molar-refractivity contribution in [1.82, 2.24) is 15.5 Å². The highest BCUT2D eigenvalue weighted by atomic mass is 19.4. The summed E-state index contributed by atoms with van der Waals surface area (Å²) in [5.74, 6) is -2.48. The van der Waals surface area contributed by atoms with E-state index in [1.54, 1.807) is 0 Å². The molecule has 19 heavy (non-hydrogen) atoms. The smallest absolute Gasteiger partial charge is 0.369 e. The molecule has 1 spiro atoms. The number of hydrogen-bond acceptors (Lipinski definition) is 5. The molecule has 6 nitrogen and oxygen atoms in total. The summed E-state index contributed by atoms with van der Waals surface area (Å²) in [5.41, 5.74) is -0.335. The Bertz CT molecular complexity index is 380. The number of nitrogens with zero attached hydrogens (tertiary/aromatic N) is 1. The van der Waals surface area contributed by atoms with Crippen LogP contribution in [0.3, 0.4) is 0 Å². The molecular formula is C10H14F3N3O3. The molecule has 2 N–H and O–H groups in total. The highest BCUT2D eigenvalue weighted by Gasteiger charge is 2.45. The first-order valence-corrected chi connectivity index (χ1v) is 5.86. The average Bonchev–Trinajstić information content (AvgIpc) is 2.76. The molecule has 2 rings (SSSR count). The monoisotopic (exact) mass is 281 g/mol. The van der Waals surface area contributed by atoms with Crippen LogP contribution >= 0.6 is 0 Å². The van der Waals surface area contributed by atoms with Crippen LogP contribution in [0.15, 0.2) is 0 Å². The van der Waals surface area contributed by atoms with Gasteiger partial charge in [0.15, 0.2) is 0 Å². The van der Waals surface area contributed by atoms with Gasteiger partial charge in [-0.05, 0) is 13.0 Å². The molecule has 0 aromatic carbocycles. The second kappa shape index (κ2) is 4.97. The summed E-state index contributed by atoms with van der Waals surface area (Å²) >= 11 is 0. The van der Waals surface area contributed by atoms with Gasteiger partial charge in [-0.2, -0.15) is 13.2 Å². The summed E-state index contributed by atoms with van der Waals surface area (Å²) in [6.45, 7) is 2.30. The molecule has 2 saturated heterocycles. The molecule has 1 amide bonds. The van der Waals surface area contributed by atoms with Crippen molar-refractivity contribution in [2.75, 3.05) is 32.7 Å². The minimum Gasteiger partial charge on any atom is -0.369 e. The maximum atomic E-state index is 12.0. The van der Waals surface area contributed by atoms with Crippen LogP contribution < -0.4 is 10.6 Å². The van der Waals surface area contributed by atoms with E-state index in [-0.39, 0.29) is 18.6 Å². The maximum absolute atomic E-state index is 12.0. The SMILES string of the molecule is O=C(OC(=O)C(F)(F)F)N1CCNC2(CCNC2)C1. The minimum atomic E-state index is -5.16. The number of rotatable bonds is 0. The van der Waals surface area contributed by atoms with E-state index in [9.17, 15) is 22.8 Å². The maximum Gasteiger partial charge on any atom is 0.491 e. The van der Waals surface area contributed by atoms with E-state index >= 15 is 0 Å². The van der Waals surface area contributed by atoms with Crippen LogP contribution in [0.2, 0.25) is 0 Å². The number of piperazine rings is 1. The largest absolute Gasteiger partial charge is 0.491 e. The quantitative estimate of drug-likeness (QED) is 0.477. The third-order valence-corrected chi connectivity index (χ3v) is 3.29. The number of hydrogen-bond donors (Lipinski definition) is 2. The fourth-order valence-corrected chi connectivity index (χ4v) is 2.34. The lowest BCUT2D eigenvalue weighted by molar-refractivity contribution is -0.194. The molecule has 0 bridgehead atoms. The first kappa shape index (κ1) is 14.1. The molecule has 2 aliphatic heterocycles. The molecule has 2 aliphatic rings. The van der Waals surface area contributed by atoms with Gasteiger partial charge in [-0.25, -0.2) is 9.59 Å². The zero-order valence-corrected chi connectivity index (χ0v) is 10.0. The minimum absolute atomic E-state index is 0.214.